The number of hydrogen-bond donors (Lipinski definition) is 1. The molecule has 2 saturated heterocycles. The molecule has 4 nitrogen and oxygen atoms in total. The van der Waals surface area contributed by atoms with Crippen molar-refractivity contribution in [2.75, 3.05) is 13.7 Å². The van der Waals surface area contributed by atoms with Crippen LogP contribution < -0.4 is 10.1 Å². The van der Waals surface area contributed by atoms with Gasteiger partial charge in [0.2, 0.25) is 5.88 Å². The lowest BCUT2D eigenvalue weighted by Crippen LogP contribution is -2.48. The molecule has 0 radical (unpaired) electrons. The van der Waals surface area contributed by atoms with E-state index in [1.165, 1.54) is 31.2 Å². The molecule has 0 aliphatic carbocycles. The molecule has 20 heavy (non-hydrogen) atoms. The number of nitrogens with one attached hydrogen (secondary N) is 1. The fourth-order valence-corrected chi connectivity index (χ4v) is 3.82. The van der Waals surface area contributed by atoms with Gasteiger partial charge in [-0.05, 0) is 37.8 Å². The number of ether oxygens (including phenoxy) is 1. The second-order valence-electron chi connectivity index (χ2n) is 5.99. The van der Waals surface area contributed by atoms with E-state index in [9.17, 15) is 0 Å². The van der Waals surface area contributed by atoms with E-state index in [0.29, 0.717) is 5.88 Å². The van der Waals surface area contributed by atoms with E-state index in [0.717, 1.165) is 31.2 Å². The zero-order valence-corrected chi connectivity index (χ0v) is 12.5. The van der Waals surface area contributed by atoms with Crippen LogP contribution in [-0.2, 0) is 6.54 Å². The zero-order valence-electron chi connectivity index (χ0n) is 12.5. The summed E-state index contributed by atoms with van der Waals surface area (Å²) in [5.41, 5.74) is 1.30. The molecule has 1 N–H and O–H groups in total. The summed E-state index contributed by atoms with van der Waals surface area (Å²) < 4.78 is 5.12. The molecular formula is C16H25N3O. The van der Waals surface area contributed by atoms with Gasteiger partial charge in [0, 0.05) is 36.9 Å². The summed E-state index contributed by atoms with van der Waals surface area (Å²) in [6.45, 7) is 4.33. The fourth-order valence-electron chi connectivity index (χ4n) is 3.82. The predicted octanol–water partition coefficient (Wildman–Crippen LogP) is 2.20. The van der Waals surface area contributed by atoms with Crippen molar-refractivity contribution in [1.82, 2.24) is 15.2 Å². The van der Waals surface area contributed by atoms with Gasteiger partial charge in [-0.1, -0.05) is 13.0 Å². The minimum Gasteiger partial charge on any atom is -0.481 e. The van der Waals surface area contributed by atoms with Crippen molar-refractivity contribution in [2.24, 2.45) is 0 Å². The molecule has 110 valence electrons. The molecule has 2 atom stereocenters. The summed E-state index contributed by atoms with van der Waals surface area (Å²) in [6.07, 6.45) is 7.27. The van der Waals surface area contributed by atoms with Crippen molar-refractivity contribution in [1.29, 1.82) is 0 Å². The second-order valence-corrected chi connectivity index (χ2v) is 5.99. The molecule has 1 aromatic heterocycles. The van der Waals surface area contributed by atoms with Gasteiger partial charge in [0.25, 0.3) is 0 Å². The molecular weight excluding hydrogens is 250 g/mol. The Morgan fingerprint density at radius 3 is 2.60 bits per heavy atom. The highest BCUT2D eigenvalue weighted by Crippen LogP contribution is 2.36. The number of fused-ring (bicyclic) bond motifs is 2. The minimum atomic E-state index is 0.697. The van der Waals surface area contributed by atoms with E-state index in [4.69, 9.17) is 4.74 Å². The summed E-state index contributed by atoms with van der Waals surface area (Å²) in [5, 5.41) is 3.63. The maximum Gasteiger partial charge on any atom is 0.212 e. The van der Waals surface area contributed by atoms with Gasteiger partial charge >= 0.3 is 0 Å². The molecule has 3 heterocycles. The normalized spacial score (nSPS) is 29.6. The third-order valence-corrected chi connectivity index (χ3v) is 4.75. The van der Waals surface area contributed by atoms with Gasteiger partial charge in [-0.2, -0.15) is 0 Å². The van der Waals surface area contributed by atoms with Crippen LogP contribution in [0.4, 0.5) is 0 Å². The second kappa shape index (κ2) is 6.10. The van der Waals surface area contributed by atoms with Crippen LogP contribution in [0.25, 0.3) is 0 Å². The van der Waals surface area contributed by atoms with Crippen LogP contribution >= 0.6 is 0 Å². The van der Waals surface area contributed by atoms with Crippen molar-refractivity contribution in [2.45, 2.75) is 57.3 Å². The van der Waals surface area contributed by atoms with Crippen LogP contribution in [0.1, 0.15) is 38.2 Å². The molecule has 0 spiro atoms. The quantitative estimate of drug-likeness (QED) is 0.894. The highest BCUT2D eigenvalue weighted by Gasteiger charge is 2.40. The Morgan fingerprint density at radius 2 is 2.05 bits per heavy atom. The van der Waals surface area contributed by atoms with Gasteiger partial charge in [0.05, 0.1) is 7.11 Å². The van der Waals surface area contributed by atoms with Crippen molar-refractivity contribution >= 4 is 0 Å². The van der Waals surface area contributed by atoms with Crippen molar-refractivity contribution in [3.63, 3.8) is 0 Å². The highest BCUT2D eigenvalue weighted by molar-refractivity contribution is 5.18. The molecule has 1 aromatic rings. The first kappa shape index (κ1) is 13.8. The number of piperidine rings is 1. The fraction of sp³-hybridized carbons (Fsp3) is 0.688. The average Bonchev–Trinajstić information content (AvgIpc) is 2.71. The molecule has 3 rings (SSSR count). The summed E-state index contributed by atoms with van der Waals surface area (Å²) in [6, 6.07) is 6.33. The number of aromatic nitrogens is 1. The molecule has 0 aromatic carbocycles. The van der Waals surface area contributed by atoms with Crippen molar-refractivity contribution in [3.05, 3.63) is 23.9 Å². The average molecular weight is 275 g/mol. The highest BCUT2D eigenvalue weighted by atomic mass is 16.5. The maximum absolute atomic E-state index is 5.12. The number of rotatable bonds is 5. The molecule has 2 fully saturated rings. The topological polar surface area (TPSA) is 37.4 Å². The molecule has 2 aliphatic rings. The van der Waals surface area contributed by atoms with Crippen LogP contribution in [0.15, 0.2) is 18.3 Å². The van der Waals surface area contributed by atoms with Crippen LogP contribution in [-0.4, -0.2) is 41.7 Å². The van der Waals surface area contributed by atoms with E-state index in [1.54, 1.807) is 7.11 Å². The zero-order chi connectivity index (χ0) is 13.9. The number of nitrogens with zero attached hydrogens (tertiary/aromatic N) is 2. The van der Waals surface area contributed by atoms with Crippen LogP contribution in [0.3, 0.4) is 0 Å². The van der Waals surface area contributed by atoms with Gasteiger partial charge in [0.15, 0.2) is 0 Å². The summed E-state index contributed by atoms with van der Waals surface area (Å²) in [7, 11) is 1.66. The first-order valence-electron chi connectivity index (χ1n) is 7.78. The molecule has 2 bridgehead atoms. The van der Waals surface area contributed by atoms with Crippen LogP contribution in [0, 0.1) is 0 Å². The first-order valence-corrected chi connectivity index (χ1v) is 7.78. The Kier molecular flexibility index (Phi) is 4.22. The summed E-state index contributed by atoms with van der Waals surface area (Å²) in [5.74, 6) is 0.697. The number of pyridine rings is 1. The van der Waals surface area contributed by atoms with Gasteiger partial charge in [-0.15, -0.1) is 0 Å². The Labute approximate surface area is 121 Å². The first-order chi connectivity index (χ1) is 9.80. The maximum atomic E-state index is 5.12. The van der Waals surface area contributed by atoms with Gasteiger partial charge in [-0.3, -0.25) is 4.90 Å². The smallest absolute Gasteiger partial charge is 0.212 e. The third kappa shape index (κ3) is 2.81. The van der Waals surface area contributed by atoms with Crippen LogP contribution in [0.2, 0.25) is 0 Å². The molecule has 0 saturated carbocycles. The lowest BCUT2D eigenvalue weighted by Gasteiger charge is -2.39. The number of hydrogen-bond acceptors (Lipinski definition) is 4. The third-order valence-electron chi connectivity index (χ3n) is 4.75. The molecule has 2 unspecified atom stereocenters. The molecule has 2 aliphatic heterocycles. The Balaban J connectivity index is 1.63. The SMILES string of the molecule is CCNC1CC2CCC(C1)N2Cc1ccc(OC)nc1. The summed E-state index contributed by atoms with van der Waals surface area (Å²) >= 11 is 0. The van der Waals surface area contributed by atoms with Gasteiger partial charge < -0.3 is 10.1 Å². The van der Waals surface area contributed by atoms with Gasteiger partial charge in [-0.25, -0.2) is 4.98 Å². The Morgan fingerprint density at radius 1 is 1.30 bits per heavy atom. The van der Waals surface area contributed by atoms with E-state index in [1.807, 2.05) is 12.3 Å². The largest absolute Gasteiger partial charge is 0.481 e. The van der Waals surface area contributed by atoms with Gasteiger partial charge in [0.1, 0.15) is 0 Å². The molecule has 0 amide bonds. The monoisotopic (exact) mass is 275 g/mol. The van der Waals surface area contributed by atoms with Crippen LogP contribution in [0.5, 0.6) is 5.88 Å². The van der Waals surface area contributed by atoms with Crippen molar-refractivity contribution < 1.29 is 4.74 Å². The Bertz CT molecular complexity index is 420. The summed E-state index contributed by atoms with van der Waals surface area (Å²) in [4.78, 5) is 7.01. The lowest BCUT2D eigenvalue weighted by molar-refractivity contribution is 0.110. The predicted molar refractivity (Wildman–Crippen MR) is 79.8 cm³/mol. The number of methoxy groups -OCH3 is 1. The van der Waals surface area contributed by atoms with E-state index >= 15 is 0 Å². The standard InChI is InChI=1S/C16H25N3O/c1-3-17-13-8-14-5-6-15(9-13)19(14)11-12-4-7-16(20-2)18-10-12/h4,7,10,13-15,17H,3,5-6,8-9,11H2,1-2H3. The minimum absolute atomic E-state index is 0.697. The van der Waals surface area contributed by atoms with Crippen molar-refractivity contribution in [3.8, 4) is 5.88 Å². The van der Waals surface area contributed by atoms with E-state index < -0.39 is 0 Å². The molecule has 4 heteroatoms. The Hall–Kier alpha value is -1.13. The van der Waals surface area contributed by atoms with E-state index in [-0.39, 0.29) is 0 Å². The van der Waals surface area contributed by atoms with E-state index in [2.05, 4.69) is 28.2 Å². The lowest BCUT2D eigenvalue weighted by atomic mass is 9.97.